The van der Waals surface area contributed by atoms with Gasteiger partial charge in [0.1, 0.15) is 0 Å². The second-order valence-electron chi connectivity index (χ2n) is 6.38. The zero-order valence-electron chi connectivity index (χ0n) is 14.3. The van der Waals surface area contributed by atoms with Crippen LogP contribution in [0.15, 0.2) is 65.6 Å². The van der Waals surface area contributed by atoms with Crippen molar-refractivity contribution < 1.29 is 13.2 Å². The van der Waals surface area contributed by atoms with Crippen molar-refractivity contribution in [2.24, 2.45) is 0 Å². The second kappa shape index (κ2) is 6.14. The summed E-state index contributed by atoms with van der Waals surface area (Å²) in [6.07, 6.45) is 1.05. The maximum Gasteiger partial charge on any atom is 0.262 e. The van der Waals surface area contributed by atoms with Crippen LogP contribution in [-0.4, -0.2) is 21.4 Å². The summed E-state index contributed by atoms with van der Waals surface area (Å²) in [7, 11) is -1.98. The van der Waals surface area contributed by atoms with Gasteiger partial charge in [-0.05, 0) is 41.6 Å². The van der Waals surface area contributed by atoms with Crippen molar-refractivity contribution in [2.75, 3.05) is 16.7 Å². The van der Waals surface area contributed by atoms with Gasteiger partial charge in [0.05, 0.1) is 4.90 Å². The first-order valence-electron chi connectivity index (χ1n) is 8.36. The van der Waals surface area contributed by atoms with E-state index in [1.807, 2.05) is 24.3 Å². The topological polar surface area (TPSA) is 66.5 Å². The summed E-state index contributed by atoms with van der Waals surface area (Å²) >= 11 is 0. The molecule has 26 heavy (non-hydrogen) atoms. The van der Waals surface area contributed by atoms with Gasteiger partial charge >= 0.3 is 0 Å². The molecule has 0 bridgehead atoms. The first-order chi connectivity index (χ1) is 12.5. The highest BCUT2D eigenvalue weighted by Crippen LogP contribution is 2.31. The minimum Gasteiger partial charge on any atom is -0.315 e. The van der Waals surface area contributed by atoms with Crippen LogP contribution in [-0.2, 0) is 21.2 Å². The van der Waals surface area contributed by atoms with Gasteiger partial charge in [-0.25, -0.2) is 8.42 Å². The van der Waals surface area contributed by atoms with Gasteiger partial charge in [-0.2, -0.15) is 0 Å². The third kappa shape index (κ3) is 2.82. The van der Waals surface area contributed by atoms with Crippen molar-refractivity contribution in [3.05, 3.63) is 66.2 Å². The molecule has 1 aliphatic heterocycles. The molecule has 5 nitrogen and oxygen atoms in total. The number of hydrogen-bond donors (Lipinski definition) is 1. The van der Waals surface area contributed by atoms with E-state index in [0.29, 0.717) is 23.9 Å². The number of benzene rings is 3. The van der Waals surface area contributed by atoms with Gasteiger partial charge < -0.3 is 4.90 Å². The van der Waals surface area contributed by atoms with E-state index in [0.717, 1.165) is 16.6 Å². The van der Waals surface area contributed by atoms with E-state index in [1.165, 1.54) is 0 Å². The van der Waals surface area contributed by atoms with Crippen LogP contribution in [0.2, 0.25) is 0 Å². The van der Waals surface area contributed by atoms with Crippen LogP contribution >= 0.6 is 0 Å². The third-order valence-corrected chi connectivity index (χ3v) is 6.15. The first kappa shape index (κ1) is 16.6. The zero-order valence-corrected chi connectivity index (χ0v) is 15.1. The molecule has 6 heteroatoms. The van der Waals surface area contributed by atoms with E-state index in [4.69, 9.17) is 0 Å². The summed E-state index contributed by atoms with van der Waals surface area (Å²) in [5.41, 5.74) is 2.29. The van der Waals surface area contributed by atoms with Gasteiger partial charge in [0.15, 0.2) is 0 Å². The molecule has 0 aromatic heterocycles. The van der Waals surface area contributed by atoms with Gasteiger partial charge in [0, 0.05) is 30.2 Å². The van der Waals surface area contributed by atoms with Crippen molar-refractivity contribution in [3.8, 4) is 0 Å². The lowest BCUT2D eigenvalue weighted by Crippen LogP contribution is -2.31. The number of sulfonamides is 1. The molecule has 0 saturated heterocycles. The summed E-state index contributed by atoms with van der Waals surface area (Å²) in [6, 6.07) is 17.9. The smallest absolute Gasteiger partial charge is 0.262 e. The minimum atomic E-state index is -3.72. The van der Waals surface area contributed by atoms with E-state index in [2.05, 4.69) is 4.72 Å². The summed E-state index contributed by atoms with van der Waals surface area (Å²) in [6.45, 7) is 0. The van der Waals surface area contributed by atoms with Crippen LogP contribution in [0.25, 0.3) is 10.8 Å². The Morgan fingerprint density at radius 1 is 0.962 bits per heavy atom. The maximum atomic E-state index is 12.9. The highest BCUT2D eigenvalue weighted by atomic mass is 32.2. The quantitative estimate of drug-likeness (QED) is 0.771. The molecule has 132 valence electrons. The van der Waals surface area contributed by atoms with E-state index >= 15 is 0 Å². The molecule has 0 radical (unpaired) electrons. The van der Waals surface area contributed by atoms with E-state index in [9.17, 15) is 13.2 Å². The Morgan fingerprint density at radius 2 is 1.73 bits per heavy atom. The number of carbonyl (C=O) groups is 1. The monoisotopic (exact) mass is 366 g/mol. The lowest BCUT2D eigenvalue weighted by atomic mass is 10.0. The molecule has 0 fully saturated rings. The highest BCUT2D eigenvalue weighted by molar-refractivity contribution is 7.93. The number of fused-ring (bicyclic) bond motifs is 2. The predicted molar refractivity (Wildman–Crippen MR) is 103 cm³/mol. The Balaban J connectivity index is 1.71. The van der Waals surface area contributed by atoms with Crippen molar-refractivity contribution >= 4 is 38.1 Å². The fourth-order valence-corrected chi connectivity index (χ4v) is 4.64. The lowest BCUT2D eigenvalue weighted by molar-refractivity contribution is -0.118. The summed E-state index contributed by atoms with van der Waals surface area (Å²) in [5.74, 6) is 0.0709. The molecule has 4 rings (SSSR count). The van der Waals surface area contributed by atoms with Crippen LogP contribution in [0.1, 0.15) is 12.0 Å². The summed E-state index contributed by atoms with van der Waals surface area (Å²) < 4.78 is 28.5. The Bertz CT molecular complexity index is 1120. The molecular formula is C20H18N2O3S. The van der Waals surface area contributed by atoms with Crippen LogP contribution < -0.4 is 9.62 Å². The first-order valence-corrected chi connectivity index (χ1v) is 9.84. The number of amides is 1. The number of aryl methyl sites for hydroxylation is 1. The van der Waals surface area contributed by atoms with E-state index < -0.39 is 10.0 Å². The lowest BCUT2D eigenvalue weighted by Gasteiger charge is -2.26. The average molecular weight is 366 g/mol. The summed E-state index contributed by atoms with van der Waals surface area (Å²) in [5, 5.41) is 1.56. The standard InChI is InChI=1S/C20H18N2O3S/c1-22-18-11-10-16(13-15(18)9-12-20(22)23)21-26(24,25)19-8-4-6-14-5-2-3-7-17(14)19/h2-8,10-11,13,21H,9,12H2,1H3. The molecule has 1 heterocycles. The third-order valence-electron chi connectivity index (χ3n) is 4.71. The fourth-order valence-electron chi connectivity index (χ4n) is 3.36. The van der Waals surface area contributed by atoms with Gasteiger partial charge in [-0.3, -0.25) is 9.52 Å². The molecule has 1 amide bonds. The molecule has 0 spiro atoms. The Labute approximate surface area is 152 Å². The molecule has 0 atom stereocenters. The zero-order chi connectivity index (χ0) is 18.3. The molecule has 3 aromatic rings. The number of anilines is 2. The number of hydrogen-bond acceptors (Lipinski definition) is 3. The SMILES string of the molecule is CN1C(=O)CCc2cc(NS(=O)(=O)c3cccc4ccccc34)ccc21. The normalized spacial score (nSPS) is 14.3. The fraction of sp³-hybridized carbons (Fsp3) is 0.150. The molecule has 1 aliphatic rings. The number of nitrogens with one attached hydrogen (secondary N) is 1. The predicted octanol–water partition coefficient (Wildman–Crippen LogP) is 3.55. The number of nitrogens with zero attached hydrogens (tertiary/aromatic N) is 1. The molecule has 0 aliphatic carbocycles. The number of carbonyl (C=O) groups excluding carboxylic acids is 1. The Hall–Kier alpha value is -2.86. The van der Waals surface area contributed by atoms with Crippen LogP contribution in [0, 0.1) is 0 Å². The maximum absolute atomic E-state index is 12.9. The van der Waals surface area contributed by atoms with Crippen LogP contribution in [0.3, 0.4) is 0 Å². The molecule has 1 N–H and O–H groups in total. The average Bonchev–Trinajstić information content (AvgIpc) is 2.64. The minimum absolute atomic E-state index is 0.0709. The van der Waals surface area contributed by atoms with Crippen molar-refractivity contribution in [2.45, 2.75) is 17.7 Å². The highest BCUT2D eigenvalue weighted by Gasteiger charge is 2.22. The van der Waals surface area contributed by atoms with Gasteiger partial charge in [0.2, 0.25) is 5.91 Å². The summed E-state index contributed by atoms with van der Waals surface area (Å²) in [4.78, 5) is 13.7. The molecule has 0 saturated carbocycles. The van der Waals surface area contributed by atoms with Crippen LogP contribution in [0.5, 0.6) is 0 Å². The Morgan fingerprint density at radius 3 is 2.58 bits per heavy atom. The van der Waals surface area contributed by atoms with Gasteiger partial charge in [0.25, 0.3) is 10.0 Å². The largest absolute Gasteiger partial charge is 0.315 e. The number of rotatable bonds is 3. The Kier molecular flexibility index (Phi) is 3.92. The van der Waals surface area contributed by atoms with E-state index in [1.54, 1.807) is 48.3 Å². The van der Waals surface area contributed by atoms with Gasteiger partial charge in [-0.15, -0.1) is 0 Å². The molecule has 3 aromatic carbocycles. The molecule has 0 unspecified atom stereocenters. The van der Waals surface area contributed by atoms with Crippen molar-refractivity contribution in [3.63, 3.8) is 0 Å². The second-order valence-corrected chi connectivity index (χ2v) is 8.03. The molecular weight excluding hydrogens is 348 g/mol. The van der Waals surface area contributed by atoms with Crippen LogP contribution in [0.4, 0.5) is 11.4 Å². The van der Waals surface area contributed by atoms with Crippen molar-refractivity contribution in [1.82, 2.24) is 0 Å². The van der Waals surface area contributed by atoms with Crippen molar-refractivity contribution in [1.29, 1.82) is 0 Å². The van der Waals surface area contributed by atoms with Gasteiger partial charge in [-0.1, -0.05) is 36.4 Å². The van der Waals surface area contributed by atoms with E-state index in [-0.39, 0.29) is 10.8 Å².